The lowest BCUT2D eigenvalue weighted by molar-refractivity contribution is -0.130. The number of nitrogens with one attached hydrogen (secondary N) is 2. The molecule has 0 spiro atoms. The van der Waals surface area contributed by atoms with Crippen molar-refractivity contribution in [1.29, 1.82) is 0 Å². The van der Waals surface area contributed by atoms with Gasteiger partial charge in [0, 0.05) is 43.2 Å². The minimum atomic E-state index is -3.64. The zero-order valence-corrected chi connectivity index (χ0v) is 24.3. The van der Waals surface area contributed by atoms with Gasteiger partial charge in [-0.25, -0.2) is 33.2 Å². The number of benzene rings is 1. The SMILES string of the molecule is COc1ncc(-c2nc(N3CCOCC3)nc3c(CN4CCC(CC(=O)NO)CC4)cc(F)cc23)cc1NS(C)(=O)=O. The van der Waals surface area contributed by atoms with Crippen LogP contribution in [0.3, 0.4) is 0 Å². The summed E-state index contributed by atoms with van der Waals surface area (Å²) < 4.78 is 52.4. The van der Waals surface area contributed by atoms with Gasteiger partial charge in [0.1, 0.15) is 11.5 Å². The van der Waals surface area contributed by atoms with Crippen molar-refractivity contribution in [2.75, 3.05) is 62.4 Å². The number of anilines is 2. The summed E-state index contributed by atoms with van der Waals surface area (Å²) in [5.41, 5.74) is 3.96. The number of aromatic nitrogens is 3. The van der Waals surface area contributed by atoms with Gasteiger partial charge in [-0.1, -0.05) is 0 Å². The summed E-state index contributed by atoms with van der Waals surface area (Å²) >= 11 is 0. The van der Waals surface area contributed by atoms with Crippen LogP contribution in [-0.2, 0) is 26.1 Å². The number of carbonyl (C=O) groups is 1. The highest BCUT2D eigenvalue weighted by molar-refractivity contribution is 7.92. The number of hydrogen-bond donors (Lipinski definition) is 3. The highest BCUT2D eigenvalue weighted by Gasteiger charge is 2.25. The summed E-state index contributed by atoms with van der Waals surface area (Å²) in [6, 6.07) is 4.43. The molecular formula is C27H34FN7O6S. The largest absolute Gasteiger partial charge is 0.480 e. The number of morpholine rings is 1. The molecule has 13 nitrogen and oxygen atoms in total. The Bertz CT molecular complexity index is 1560. The van der Waals surface area contributed by atoms with Crippen LogP contribution in [-0.4, -0.2) is 92.1 Å². The molecule has 3 aromatic rings. The number of hydroxylamine groups is 1. The van der Waals surface area contributed by atoms with Crippen LogP contribution in [0.4, 0.5) is 16.0 Å². The molecule has 0 atom stereocenters. The molecule has 0 radical (unpaired) electrons. The molecule has 5 rings (SSSR count). The van der Waals surface area contributed by atoms with Gasteiger partial charge in [0.25, 0.3) is 0 Å². The molecule has 0 aliphatic carbocycles. The number of sulfonamides is 1. The Kier molecular flexibility index (Phi) is 9.01. The van der Waals surface area contributed by atoms with E-state index in [1.807, 2.05) is 4.90 Å². The van der Waals surface area contributed by atoms with E-state index in [1.54, 1.807) is 11.5 Å². The van der Waals surface area contributed by atoms with Crippen molar-refractivity contribution in [3.05, 3.63) is 35.8 Å². The summed E-state index contributed by atoms with van der Waals surface area (Å²) in [7, 11) is -2.26. The fraction of sp³-hybridized carbons (Fsp3) is 0.481. The van der Waals surface area contributed by atoms with Gasteiger partial charge in [-0.3, -0.25) is 19.6 Å². The second kappa shape index (κ2) is 12.7. The predicted molar refractivity (Wildman–Crippen MR) is 153 cm³/mol. The summed E-state index contributed by atoms with van der Waals surface area (Å²) in [4.78, 5) is 29.8. The Morgan fingerprint density at radius 1 is 1.17 bits per heavy atom. The van der Waals surface area contributed by atoms with Gasteiger partial charge in [-0.2, -0.15) is 0 Å². The Hall–Kier alpha value is -3.66. The molecule has 3 N–H and O–H groups in total. The minimum Gasteiger partial charge on any atom is -0.480 e. The van der Waals surface area contributed by atoms with Crippen LogP contribution in [0.5, 0.6) is 5.88 Å². The van der Waals surface area contributed by atoms with Crippen LogP contribution in [0.2, 0.25) is 0 Å². The molecule has 0 saturated carbocycles. The maximum atomic E-state index is 15.2. The van der Waals surface area contributed by atoms with Gasteiger partial charge in [-0.05, 0) is 55.6 Å². The van der Waals surface area contributed by atoms with Crippen molar-refractivity contribution in [2.45, 2.75) is 25.8 Å². The monoisotopic (exact) mass is 603 g/mol. The highest BCUT2D eigenvalue weighted by Crippen LogP contribution is 2.35. The van der Waals surface area contributed by atoms with Gasteiger partial charge >= 0.3 is 0 Å². The first-order chi connectivity index (χ1) is 20.1. The number of fused-ring (bicyclic) bond motifs is 1. The molecule has 1 aromatic carbocycles. The zero-order chi connectivity index (χ0) is 29.9. The van der Waals surface area contributed by atoms with E-state index in [-0.39, 0.29) is 23.9 Å². The van der Waals surface area contributed by atoms with Gasteiger partial charge in [0.05, 0.1) is 37.8 Å². The number of piperidine rings is 1. The molecule has 0 unspecified atom stereocenters. The quantitative estimate of drug-likeness (QED) is 0.243. The highest BCUT2D eigenvalue weighted by atomic mass is 32.2. The van der Waals surface area contributed by atoms with Crippen molar-refractivity contribution >= 4 is 38.5 Å². The van der Waals surface area contributed by atoms with E-state index in [0.717, 1.165) is 19.1 Å². The first-order valence-corrected chi connectivity index (χ1v) is 15.5. The van der Waals surface area contributed by atoms with Crippen molar-refractivity contribution in [2.24, 2.45) is 5.92 Å². The van der Waals surface area contributed by atoms with Gasteiger partial charge < -0.3 is 14.4 Å². The first-order valence-electron chi connectivity index (χ1n) is 13.6. The third kappa shape index (κ3) is 7.03. The van der Waals surface area contributed by atoms with E-state index in [2.05, 4.69) is 14.6 Å². The number of rotatable bonds is 9. The summed E-state index contributed by atoms with van der Waals surface area (Å²) in [6.07, 6.45) is 4.34. The van der Waals surface area contributed by atoms with Crippen LogP contribution in [0.15, 0.2) is 24.4 Å². The number of amides is 1. The van der Waals surface area contributed by atoms with Gasteiger partial charge in [0.2, 0.25) is 27.8 Å². The first kappa shape index (κ1) is 29.8. The van der Waals surface area contributed by atoms with Crippen molar-refractivity contribution in [3.63, 3.8) is 0 Å². The van der Waals surface area contributed by atoms with Gasteiger partial charge in [0.15, 0.2) is 0 Å². The number of hydrogen-bond acceptors (Lipinski definition) is 11. The number of pyridine rings is 1. The van der Waals surface area contributed by atoms with Crippen LogP contribution in [0.1, 0.15) is 24.8 Å². The number of likely N-dealkylation sites (tertiary alicyclic amines) is 1. The number of nitrogens with zero attached hydrogens (tertiary/aromatic N) is 5. The Balaban J connectivity index is 1.56. The minimum absolute atomic E-state index is 0.0858. The van der Waals surface area contributed by atoms with E-state index in [9.17, 15) is 13.2 Å². The van der Waals surface area contributed by atoms with E-state index in [0.29, 0.717) is 79.6 Å². The maximum absolute atomic E-state index is 15.2. The lowest BCUT2D eigenvalue weighted by Crippen LogP contribution is -2.37. The number of methoxy groups -OCH3 is 1. The second-order valence-corrected chi connectivity index (χ2v) is 12.3. The van der Waals surface area contributed by atoms with E-state index >= 15 is 4.39 Å². The molecule has 4 heterocycles. The topological polar surface area (TPSA) is 159 Å². The normalized spacial score (nSPS) is 16.9. The van der Waals surface area contributed by atoms with E-state index < -0.39 is 21.7 Å². The third-order valence-corrected chi connectivity index (χ3v) is 8.03. The van der Waals surface area contributed by atoms with Crippen molar-refractivity contribution in [3.8, 4) is 17.1 Å². The average Bonchev–Trinajstić information content (AvgIpc) is 2.97. The predicted octanol–water partition coefficient (Wildman–Crippen LogP) is 2.16. The summed E-state index contributed by atoms with van der Waals surface area (Å²) in [5.74, 6) is -0.144. The molecule has 2 aliphatic rings. The fourth-order valence-corrected chi connectivity index (χ4v) is 5.96. The smallest absolute Gasteiger partial charge is 0.243 e. The Labute approximate surface area is 243 Å². The van der Waals surface area contributed by atoms with Crippen molar-refractivity contribution < 1.29 is 32.3 Å². The van der Waals surface area contributed by atoms with Crippen LogP contribution < -0.4 is 19.8 Å². The molecule has 2 aromatic heterocycles. The van der Waals surface area contributed by atoms with Crippen molar-refractivity contribution in [1.82, 2.24) is 25.3 Å². The second-order valence-electron chi connectivity index (χ2n) is 10.5. The summed E-state index contributed by atoms with van der Waals surface area (Å²) in [5, 5.41) is 9.31. The molecule has 1 amide bonds. The van der Waals surface area contributed by atoms with Crippen LogP contribution >= 0.6 is 0 Å². The summed E-state index contributed by atoms with van der Waals surface area (Å²) in [6.45, 7) is 4.05. The van der Waals surface area contributed by atoms with Crippen LogP contribution in [0.25, 0.3) is 22.2 Å². The Morgan fingerprint density at radius 2 is 1.90 bits per heavy atom. The molecule has 226 valence electrons. The molecular weight excluding hydrogens is 569 g/mol. The molecule has 0 bridgehead atoms. The average molecular weight is 604 g/mol. The van der Waals surface area contributed by atoms with E-state index in [1.165, 1.54) is 25.4 Å². The van der Waals surface area contributed by atoms with Gasteiger partial charge in [-0.15, -0.1) is 0 Å². The molecule has 15 heteroatoms. The lowest BCUT2D eigenvalue weighted by atomic mass is 9.93. The number of carbonyl (C=O) groups excluding carboxylic acids is 1. The fourth-order valence-electron chi connectivity index (χ4n) is 5.41. The number of halogens is 1. The molecule has 42 heavy (non-hydrogen) atoms. The Morgan fingerprint density at radius 3 is 2.57 bits per heavy atom. The molecule has 2 saturated heterocycles. The third-order valence-electron chi connectivity index (χ3n) is 7.44. The standard InChI is InChI=1S/C27H34FN7O6S/c1-40-26-22(33-42(2,38)39)13-18(15-29-26)24-21-14-20(28)12-19(16-34-5-3-17(4-6-34)11-23(36)32-37)25(21)31-27(30-24)35-7-9-41-10-8-35/h12-15,17,33,37H,3-11,16H2,1-2H3,(H,32,36). The maximum Gasteiger partial charge on any atom is 0.243 e. The zero-order valence-electron chi connectivity index (χ0n) is 23.5. The molecule has 2 fully saturated rings. The lowest BCUT2D eigenvalue weighted by Gasteiger charge is -2.32. The van der Waals surface area contributed by atoms with E-state index in [4.69, 9.17) is 24.6 Å². The molecule has 2 aliphatic heterocycles. The number of ether oxygens (including phenoxy) is 2. The van der Waals surface area contributed by atoms with Crippen LogP contribution in [0, 0.1) is 11.7 Å².